The molecule has 0 aromatic heterocycles. The van der Waals surface area contributed by atoms with Crippen LogP contribution in [-0.4, -0.2) is 38.9 Å². The highest BCUT2D eigenvalue weighted by atomic mass is 16.6. The summed E-state index contributed by atoms with van der Waals surface area (Å²) in [7, 11) is 1.52. The van der Waals surface area contributed by atoms with Gasteiger partial charge in [-0.05, 0) is 91.0 Å². The van der Waals surface area contributed by atoms with Crippen LogP contribution in [0.5, 0.6) is 11.5 Å². The van der Waals surface area contributed by atoms with Crippen LogP contribution in [0.1, 0.15) is 63.9 Å². The zero-order valence-electron chi connectivity index (χ0n) is 26.2. The topological polar surface area (TPSA) is 71.1 Å². The number of rotatable bonds is 14. The summed E-state index contributed by atoms with van der Waals surface area (Å²) >= 11 is 0. The highest BCUT2D eigenvalue weighted by Crippen LogP contribution is 2.40. The minimum Gasteiger partial charge on any atom is -0.490 e. The lowest BCUT2D eigenvalue weighted by atomic mass is 9.77. The summed E-state index contributed by atoms with van der Waals surface area (Å²) in [6, 6.07) is 22.2. The predicted octanol–water partition coefficient (Wildman–Crippen LogP) is 8.70. The first-order chi connectivity index (χ1) is 21.3. The van der Waals surface area contributed by atoms with E-state index in [0.717, 1.165) is 28.2 Å². The molecule has 0 aliphatic heterocycles. The Bertz CT molecular complexity index is 1430. The zero-order chi connectivity index (χ0) is 31.5. The van der Waals surface area contributed by atoms with Gasteiger partial charge in [0.15, 0.2) is 0 Å². The molecule has 3 aromatic carbocycles. The number of hydrogen-bond acceptors (Lipinski definition) is 6. The van der Waals surface area contributed by atoms with E-state index in [2.05, 4.69) is 44.3 Å². The van der Waals surface area contributed by atoms with Gasteiger partial charge in [-0.15, -0.1) is 0 Å². The van der Waals surface area contributed by atoms with Crippen molar-refractivity contribution in [3.63, 3.8) is 0 Å². The molecule has 3 aromatic rings. The van der Waals surface area contributed by atoms with E-state index in [0.29, 0.717) is 23.0 Å². The SMILES string of the molecule is C=C(C)C(=O)OCCOc1ccc(-c2ccc(OC(=O)C(=C)COC)c(-c3ccc(C4CCC(CCC)CC4)cc3)c2)cc1. The second-order valence-corrected chi connectivity index (χ2v) is 11.6. The van der Waals surface area contributed by atoms with E-state index in [1.807, 2.05) is 42.5 Å². The van der Waals surface area contributed by atoms with Crippen LogP contribution in [0.15, 0.2) is 91.0 Å². The Balaban J connectivity index is 1.52. The van der Waals surface area contributed by atoms with Gasteiger partial charge >= 0.3 is 11.9 Å². The first kappa shape index (κ1) is 32.7. The first-order valence-electron chi connectivity index (χ1n) is 15.5. The van der Waals surface area contributed by atoms with E-state index in [1.54, 1.807) is 6.92 Å². The number of hydrogen-bond donors (Lipinski definition) is 0. The summed E-state index contributed by atoms with van der Waals surface area (Å²) < 4.78 is 21.7. The van der Waals surface area contributed by atoms with Crippen molar-refractivity contribution in [2.24, 2.45) is 5.92 Å². The minimum atomic E-state index is -0.517. The molecular weight excluding hydrogens is 552 g/mol. The quantitative estimate of drug-likeness (QED) is 0.0802. The van der Waals surface area contributed by atoms with Gasteiger partial charge in [-0.25, -0.2) is 9.59 Å². The van der Waals surface area contributed by atoms with E-state index in [1.165, 1.54) is 51.2 Å². The van der Waals surface area contributed by atoms with Gasteiger partial charge in [0.05, 0.1) is 12.2 Å². The Kier molecular flexibility index (Phi) is 12.0. The lowest BCUT2D eigenvalue weighted by molar-refractivity contribution is -0.139. The van der Waals surface area contributed by atoms with Crippen molar-refractivity contribution in [1.29, 1.82) is 0 Å². The summed E-state index contributed by atoms with van der Waals surface area (Å²) in [5, 5.41) is 0. The second kappa shape index (κ2) is 16.1. The molecule has 44 heavy (non-hydrogen) atoms. The Morgan fingerprint density at radius 3 is 2.11 bits per heavy atom. The molecule has 0 spiro atoms. The molecule has 1 fully saturated rings. The van der Waals surface area contributed by atoms with Gasteiger partial charge in [-0.1, -0.05) is 75.4 Å². The van der Waals surface area contributed by atoms with Crippen molar-refractivity contribution >= 4 is 11.9 Å². The van der Waals surface area contributed by atoms with Crippen LogP contribution >= 0.6 is 0 Å². The Hall–Kier alpha value is -4.16. The predicted molar refractivity (Wildman–Crippen MR) is 175 cm³/mol. The number of ether oxygens (including phenoxy) is 4. The van der Waals surface area contributed by atoms with Crippen molar-refractivity contribution in [2.45, 2.75) is 58.3 Å². The van der Waals surface area contributed by atoms with Crippen LogP contribution < -0.4 is 9.47 Å². The molecule has 6 heteroatoms. The fourth-order valence-electron chi connectivity index (χ4n) is 5.72. The van der Waals surface area contributed by atoms with Gasteiger partial charge in [-0.3, -0.25) is 0 Å². The van der Waals surface area contributed by atoms with Crippen LogP contribution in [-0.2, 0) is 19.1 Å². The maximum absolute atomic E-state index is 12.7. The molecule has 4 rings (SSSR count). The van der Waals surface area contributed by atoms with Gasteiger partial charge in [0.25, 0.3) is 0 Å². The Labute approximate surface area is 261 Å². The van der Waals surface area contributed by atoms with Crippen molar-refractivity contribution in [2.75, 3.05) is 26.9 Å². The van der Waals surface area contributed by atoms with Gasteiger partial charge < -0.3 is 18.9 Å². The zero-order valence-corrected chi connectivity index (χ0v) is 26.2. The smallest absolute Gasteiger partial charge is 0.341 e. The number of carbonyl (C=O) groups is 2. The largest absolute Gasteiger partial charge is 0.490 e. The van der Waals surface area contributed by atoms with Gasteiger partial charge in [-0.2, -0.15) is 0 Å². The highest BCUT2D eigenvalue weighted by molar-refractivity contribution is 5.91. The van der Waals surface area contributed by atoms with Gasteiger partial charge in [0.2, 0.25) is 0 Å². The molecule has 0 bridgehead atoms. The summed E-state index contributed by atoms with van der Waals surface area (Å²) in [6.45, 7) is 11.7. The van der Waals surface area contributed by atoms with Gasteiger partial charge in [0, 0.05) is 18.2 Å². The third-order valence-electron chi connectivity index (χ3n) is 8.15. The van der Waals surface area contributed by atoms with Crippen LogP contribution in [0.25, 0.3) is 22.3 Å². The first-order valence-corrected chi connectivity index (χ1v) is 15.5. The monoisotopic (exact) mass is 596 g/mol. The summed E-state index contributed by atoms with van der Waals surface area (Å²) in [4.78, 5) is 24.3. The average Bonchev–Trinajstić information content (AvgIpc) is 3.04. The molecule has 0 unspecified atom stereocenters. The van der Waals surface area contributed by atoms with Crippen LogP contribution in [0.3, 0.4) is 0 Å². The molecule has 232 valence electrons. The molecular formula is C38H44O6. The van der Waals surface area contributed by atoms with Crippen molar-refractivity contribution in [3.8, 4) is 33.8 Å². The lowest BCUT2D eigenvalue weighted by Gasteiger charge is -2.28. The van der Waals surface area contributed by atoms with E-state index >= 15 is 0 Å². The Morgan fingerprint density at radius 1 is 0.818 bits per heavy atom. The summed E-state index contributed by atoms with van der Waals surface area (Å²) in [5.74, 6) is 1.65. The molecule has 0 atom stereocenters. The highest BCUT2D eigenvalue weighted by Gasteiger charge is 2.22. The number of benzene rings is 3. The molecule has 0 amide bonds. The molecule has 1 saturated carbocycles. The van der Waals surface area contributed by atoms with E-state index in [-0.39, 0.29) is 25.4 Å². The van der Waals surface area contributed by atoms with Crippen molar-refractivity contribution in [3.05, 3.63) is 96.6 Å². The fourth-order valence-corrected chi connectivity index (χ4v) is 5.72. The lowest BCUT2D eigenvalue weighted by Crippen LogP contribution is -2.14. The maximum Gasteiger partial charge on any atom is 0.341 e. The molecule has 1 aliphatic carbocycles. The maximum atomic E-state index is 12.7. The molecule has 0 saturated heterocycles. The average molecular weight is 597 g/mol. The third-order valence-corrected chi connectivity index (χ3v) is 8.15. The fraction of sp³-hybridized carbons (Fsp3) is 0.368. The number of esters is 2. The minimum absolute atomic E-state index is 0.103. The summed E-state index contributed by atoms with van der Waals surface area (Å²) in [6.07, 6.45) is 7.69. The number of methoxy groups -OCH3 is 1. The summed E-state index contributed by atoms with van der Waals surface area (Å²) in [5.41, 5.74) is 5.72. The van der Waals surface area contributed by atoms with E-state index < -0.39 is 11.9 Å². The third kappa shape index (κ3) is 8.93. The molecule has 0 radical (unpaired) electrons. The second-order valence-electron chi connectivity index (χ2n) is 11.6. The molecule has 6 nitrogen and oxygen atoms in total. The molecule has 0 N–H and O–H groups in total. The van der Waals surface area contributed by atoms with Gasteiger partial charge in [0.1, 0.15) is 24.7 Å². The molecule has 0 heterocycles. The molecule has 1 aliphatic rings. The van der Waals surface area contributed by atoms with Crippen LogP contribution in [0, 0.1) is 5.92 Å². The van der Waals surface area contributed by atoms with Crippen LogP contribution in [0.4, 0.5) is 0 Å². The number of carbonyl (C=O) groups excluding carboxylic acids is 2. The van der Waals surface area contributed by atoms with Crippen LogP contribution in [0.2, 0.25) is 0 Å². The van der Waals surface area contributed by atoms with E-state index in [4.69, 9.17) is 18.9 Å². The normalized spacial score (nSPS) is 16.2. The Morgan fingerprint density at radius 2 is 1.48 bits per heavy atom. The standard InChI is InChI=1S/C38H44O6/c1-6-7-28-8-10-29(11-9-28)30-12-14-32(15-13-30)35-24-33(18-21-36(35)44-38(40)27(4)25-41-5)31-16-19-34(20-17-31)42-22-23-43-37(39)26(2)3/h12-21,24,28-29H,2,4,6-11,22-23,25H2,1,3,5H3. The van der Waals surface area contributed by atoms with Crippen molar-refractivity contribution in [1.82, 2.24) is 0 Å². The van der Waals surface area contributed by atoms with Crippen molar-refractivity contribution < 1.29 is 28.5 Å². The van der Waals surface area contributed by atoms with E-state index in [9.17, 15) is 9.59 Å².